The van der Waals surface area contributed by atoms with Gasteiger partial charge in [0.15, 0.2) is 0 Å². The number of carbonyl (C=O) groups is 2. The number of hydrogen-bond acceptors (Lipinski definition) is 8. The lowest BCUT2D eigenvalue weighted by Gasteiger charge is -2.26. The van der Waals surface area contributed by atoms with Crippen molar-refractivity contribution < 1.29 is 37.6 Å². The van der Waals surface area contributed by atoms with Crippen LogP contribution in [0.5, 0.6) is 5.75 Å². The largest absolute Gasteiger partial charge is 0.529 e. The molecule has 1 aromatic carbocycles. The molecule has 0 saturated heterocycles. The van der Waals surface area contributed by atoms with Crippen LogP contribution in [-0.2, 0) is 23.1 Å². The van der Waals surface area contributed by atoms with E-state index in [0.717, 1.165) is 20.3 Å². The summed E-state index contributed by atoms with van der Waals surface area (Å²) >= 11 is 0. The van der Waals surface area contributed by atoms with Gasteiger partial charge >= 0.3 is 13.8 Å². The van der Waals surface area contributed by atoms with E-state index in [4.69, 9.17) is 9.26 Å². The summed E-state index contributed by atoms with van der Waals surface area (Å²) in [4.78, 5) is 23.9. The molecule has 25 heavy (non-hydrogen) atoms. The normalized spacial score (nSPS) is 20.5. The number of aliphatic hydroxyl groups excluding tert-OH is 1. The van der Waals surface area contributed by atoms with E-state index in [9.17, 15) is 19.3 Å². The number of esters is 1. The molecule has 2 N–H and O–H groups in total. The van der Waals surface area contributed by atoms with E-state index in [-0.39, 0.29) is 17.0 Å². The van der Waals surface area contributed by atoms with Crippen LogP contribution in [0.3, 0.4) is 0 Å². The first-order chi connectivity index (χ1) is 11.8. The zero-order valence-corrected chi connectivity index (χ0v) is 14.7. The molecule has 1 amide bonds. The highest BCUT2D eigenvalue weighted by Gasteiger charge is 2.31. The number of phosphoric acid groups is 1. The maximum Gasteiger partial charge on any atom is 0.529 e. The summed E-state index contributed by atoms with van der Waals surface area (Å²) in [6.07, 6.45) is -0.999. The van der Waals surface area contributed by atoms with E-state index in [1.165, 1.54) is 19.1 Å². The van der Waals surface area contributed by atoms with Crippen molar-refractivity contribution in [3.8, 4) is 5.75 Å². The summed E-state index contributed by atoms with van der Waals surface area (Å²) in [5.41, 5.74) is 0.00161. The van der Waals surface area contributed by atoms with Gasteiger partial charge in [0.25, 0.3) is 5.91 Å². The summed E-state index contributed by atoms with van der Waals surface area (Å²) in [6.45, 7) is 1.49. The number of hydrogen-bond donors (Lipinski definition) is 2. The molecule has 136 valence electrons. The van der Waals surface area contributed by atoms with Gasteiger partial charge in [-0.1, -0.05) is 12.1 Å². The molecule has 2 atom stereocenters. The number of ether oxygens (including phenoxy) is 1. The Morgan fingerprint density at radius 2 is 1.92 bits per heavy atom. The smallest absolute Gasteiger partial charge is 0.456 e. The molecule has 1 aromatic rings. The summed E-state index contributed by atoms with van der Waals surface area (Å²) in [5.74, 6) is -1.41. The van der Waals surface area contributed by atoms with Gasteiger partial charge in [0, 0.05) is 20.3 Å². The third-order valence-corrected chi connectivity index (χ3v) is 4.70. The summed E-state index contributed by atoms with van der Waals surface area (Å²) < 4.78 is 31.5. The van der Waals surface area contributed by atoms with Gasteiger partial charge in [-0.05, 0) is 19.1 Å². The molecule has 9 nitrogen and oxygen atoms in total. The second kappa shape index (κ2) is 7.79. The molecule has 1 aliphatic heterocycles. The predicted molar refractivity (Wildman–Crippen MR) is 85.8 cm³/mol. The van der Waals surface area contributed by atoms with Crippen molar-refractivity contribution >= 4 is 19.7 Å². The van der Waals surface area contributed by atoms with E-state index in [2.05, 4.69) is 14.4 Å². The van der Waals surface area contributed by atoms with Crippen LogP contribution in [-0.4, -0.2) is 43.4 Å². The molecule has 0 spiro atoms. The van der Waals surface area contributed by atoms with E-state index in [1.807, 2.05) is 0 Å². The van der Waals surface area contributed by atoms with Crippen LogP contribution in [0.25, 0.3) is 0 Å². The Kier molecular flexibility index (Phi) is 5.97. The van der Waals surface area contributed by atoms with Crippen molar-refractivity contribution in [1.82, 2.24) is 5.32 Å². The zero-order chi connectivity index (χ0) is 18.6. The van der Waals surface area contributed by atoms with Crippen LogP contribution in [0.15, 0.2) is 36.0 Å². The van der Waals surface area contributed by atoms with Gasteiger partial charge in [-0.15, -0.1) is 0 Å². The zero-order valence-electron chi connectivity index (χ0n) is 13.8. The van der Waals surface area contributed by atoms with Crippen molar-refractivity contribution in [2.75, 3.05) is 14.2 Å². The third-order valence-electron chi connectivity index (χ3n) is 3.39. The third kappa shape index (κ3) is 4.46. The van der Waals surface area contributed by atoms with Gasteiger partial charge in [-0.3, -0.25) is 13.8 Å². The van der Waals surface area contributed by atoms with Crippen LogP contribution in [0.2, 0.25) is 0 Å². The van der Waals surface area contributed by atoms with Crippen LogP contribution in [0, 0.1) is 0 Å². The maximum absolute atomic E-state index is 12.5. The highest BCUT2D eigenvalue weighted by molar-refractivity contribution is 7.48. The number of amides is 1. The second-order valence-electron chi connectivity index (χ2n) is 5.04. The molecule has 0 radical (unpaired) electrons. The Labute approximate surface area is 144 Å². The quantitative estimate of drug-likeness (QED) is 0.568. The number of phosphoric ester groups is 1. The lowest BCUT2D eigenvalue weighted by Crippen LogP contribution is -2.41. The minimum atomic E-state index is -3.86. The molecular weight excluding hydrogens is 353 g/mol. The Balaban J connectivity index is 2.26. The molecule has 10 heteroatoms. The monoisotopic (exact) mass is 371 g/mol. The topological polar surface area (TPSA) is 120 Å². The molecular formula is C15H18NO8P. The minimum absolute atomic E-state index is 0.00906. The molecule has 0 aliphatic carbocycles. The first-order valence-corrected chi connectivity index (χ1v) is 8.67. The first-order valence-electron chi connectivity index (χ1n) is 7.21. The Hall–Kier alpha value is -2.19. The van der Waals surface area contributed by atoms with Crippen LogP contribution in [0.4, 0.5) is 0 Å². The highest BCUT2D eigenvalue weighted by atomic mass is 31.2. The Morgan fingerprint density at radius 3 is 2.56 bits per heavy atom. The fraction of sp³-hybridized carbons (Fsp3) is 0.333. The first kappa shape index (κ1) is 19.1. The molecule has 0 bridgehead atoms. The van der Waals surface area contributed by atoms with Crippen LogP contribution >= 0.6 is 7.82 Å². The van der Waals surface area contributed by atoms with Crippen molar-refractivity contribution in [2.45, 2.75) is 19.1 Å². The van der Waals surface area contributed by atoms with Gasteiger partial charge < -0.3 is 19.7 Å². The number of aliphatic hydroxyl groups is 1. The number of benzene rings is 1. The molecule has 2 unspecified atom stereocenters. The molecule has 0 fully saturated rings. The summed E-state index contributed by atoms with van der Waals surface area (Å²) in [5, 5.41) is 12.4. The van der Waals surface area contributed by atoms with E-state index < -0.39 is 31.9 Å². The average Bonchev–Trinajstić information content (AvgIpc) is 2.59. The van der Waals surface area contributed by atoms with Crippen molar-refractivity contribution in [1.29, 1.82) is 0 Å². The molecule has 1 heterocycles. The molecule has 0 aromatic heterocycles. The van der Waals surface area contributed by atoms with Crippen LogP contribution < -0.4 is 9.84 Å². The van der Waals surface area contributed by atoms with Crippen LogP contribution in [0.1, 0.15) is 17.3 Å². The van der Waals surface area contributed by atoms with E-state index in [0.29, 0.717) is 0 Å². The second-order valence-corrected chi connectivity index (χ2v) is 6.85. The number of cyclic esters (lactones) is 1. The van der Waals surface area contributed by atoms with Crippen molar-refractivity contribution in [2.24, 2.45) is 0 Å². The van der Waals surface area contributed by atoms with E-state index >= 15 is 0 Å². The summed E-state index contributed by atoms with van der Waals surface area (Å²) in [7, 11) is -1.58. The fourth-order valence-electron chi connectivity index (χ4n) is 2.06. The Bertz CT molecular complexity index is 739. The number of rotatable bonds is 6. The minimum Gasteiger partial charge on any atom is -0.456 e. The number of para-hydroxylation sites is 1. The average molecular weight is 371 g/mol. The SMILES string of the molecule is COP(=O)(OC)Oc1ccccc1C(=O)NC1=CC(=O)OC(C)C1O. The van der Waals surface area contributed by atoms with Crippen molar-refractivity contribution in [3.05, 3.63) is 41.6 Å². The predicted octanol–water partition coefficient (Wildman–Crippen LogP) is 1.39. The van der Waals surface area contributed by atoms with Gasteiger partial charge in [-0.2, -0.15) is 0 Å². The fourth-order valence-corrected chi connectivity index (χ4v) is 2.76. The lowest BCUT2D eigenvalue weighted by molar-refractivity contribution is -0.148. The number of carbonyl (C=O) groups excluding carboxylic acids is 2. The highest BCUT2D eigenvalue weighted by Crippen LogP contribution is 2.48. The van der Waals surface area contributed by atoms with Gasteiger partial charge in [0.1, 0.15) is 18.0 Å². The molecule has 2 rings (SSSR count). The van der Waals surface area contributed by atoms with Crippen molar-refractivity contribution in [3.63, 3.8) is 0 Å². The maximum atomic E-state index is 12.5. The van der Waals surface area contributed by atoms with E-state index in [1.54, 1.807) is 12.1 Å². The summed E-state index contributed by atoms with van der Waals surface area (Å²) in [6, 6.07) is 5.95. The molecule has 0 saturated carbocycles. The van der Waals surface area contributed by atoms with Gasteiger partial charge in [0.05, 0.1) is 11.3 Å². The van der Waals surface area contributed by atoms with Gasteiger partial charge in [-0.25, -0.2) is 9.36 Å². The van der Waals surface area contributed by atoms with Gasteiger partial charge in [0.2, 0.25) is 0 Å². The lowest BCUT2D eigenvalue weighted by atomic mass is 10.1. The standard InChI is InChI=1S/C15H18NO8P/c1-9-14(18)11(8-13(17)23-9)16-15(19)10-6-4-5-7-12(10)24-25(20,21-2)22-3/h4-9,14,18H,1-3H3,(H,16,19). The number of nitrogens with one attached hydrogen (secondary N) is 1. The molecule has 1 aliphatic rings. The Morgan fingerprint density at radius 1 is 1.28 bits per heavy atom.